The molecule has 4 rings (SSSR count). The minimum atomic E-state index is -0.456. The summed E-state index contributed by atoms with van der Waals surface area (Å²) in [5, 5.41) is 10.0. The molecule has 2 fully saturated rings. The molecule has 1 saturated carbocycles. The Morgan fingerprint density at radius 3 is 3.00 bits per heavy atom. The summed E-state index contributed by atoms with van der Waals surface area (Å²) >= 11 is 0. The summed E-state index contributed by atoms with van der Waals surface area (Å²) in [7, 11) is 0. The average Bonchev–Trinajstić information content (AvgIpc) is 3.12. The lowest BCUT2D eigenvalue weighted by Gasteiger charge is -2.42. The molecule has 0 bridgehead atoms. The van der Waals surface area contributed by atoms with Gasteiger partial charge in [0.2, 0.25) is 5.91 Å². The molecular weight excluding hydrogens is 278 g/mol. The number of benzene rings is 1. The van der Waals surface area contributed by atoms with E-state index in [0.29, 0.717) is 19.7 Å². The molecule has 3 aliphatic rings. The molecule has 1 aromatic carbocycles. The summed E-state index contributed by atoms with van der Waals surface area (Å²) < 4.78 is 6.17. The number of morpholine rings is 1. The number of aryl methyl sites for hydroxylation is 1. The van der Waals surface area contributed by atoms with Crippen LogP contribution in [0.1, 0.15) is 36.8 Å². The van der Waals surface area contributed by atoms with Gasteiger partial charge in [-0.3, -0.25) is 4.79 Å². The Labute approximate surface area is 131 Å². The first-order chi connectivity index (χ1) is 10.7. The molecule has 0 radical (unpaired) electrons. The van der Waals surface area contributed by atoms with Crippen molar-refractivity contribution in [2.45, 2.75) is 43.8 Å². The third-order valence-electron chi connectivity index (χ3n) is 5.60. The third-order valence-corrected chi connectivity index (χ3v) is 5.60. The molecular formula is C18H23NO3. The molecule has 3 atom stereocenters. The highest BCUT2D eigenvalue weighted by Crippen LogP contribution is 2.42. The average molecular weight is 301 g/mol. The fourth-order valence-corrected chi connectivity index (χ4v) is 4.40. The maximum absolute atomic E-state index is 12.8. The van der Waals surface area contributed by atoms with Gasteiger partial charge in [0.1, 0.15) is 5.60 Å². The number of aliphatic hydroxyl groups excluding tert-OH is 1. The van der Waals surface area contributed by atoms with Gasteiger partial charge in [-0.2, -0.15) is 0 Å². The van der Waals surface area contributed by atoms with Crippen LogP contribution in [0.5, 0.6) is 0 Å². The van der Waals surface area contributed by atoms with Gasteiger partial charge in [-0.1, -0.05) is 24.3 Å². The molecule has 3 unspecified atom stereocenters. The molecule has 4 heteroatoms. The van der Waals surface area contributed by atoms with E-state index in [2.05, 4.69) is 24.3 Å². The monoisotopic (exact) mass is 301 g/mol. The summed E-state index contributed by atoms with van der Waals surface area (Å²) in [5.74, 6) is -0.0798. The number of rotatable bonds is 1. The Hall–Kier alpha value is -1.39. The summed E-state index contributed by atoms with van der Waals surface area (Å²) in [6, 6.07) is 8.42. The molecule has 2 aliphatic carbocycles. The molecule has 1 spiro atoms. The van der Waals surface area contributed by atoms with E-state index in [1.807, 2.05) is 4.90 Å². The molecule has 1 saturated heterocycles. The van der Waals surface area contributed by atoms with Crippen LogP contribution in [-0.4, -0.2) is 41.7 Å². The largest absolute Gasteiger partial charge is 0.392 e. The second-order valence-corrected chi connectivity index (χ2v) is 6.86. The maximum atomic E-state index is 12.8. The van der Waals surface area contributed by atoms with Gasteiger partial charge in [0.05, 0.1) is 25.2 Å². The zero-order chi connectivity index (χ0) is 15.2. The molecule has 1 N–H and O–H groups in total. The number of hydrogen-bond acceptors (Lipinski definition) is 3. The van der Waals surface area contributed by atoms with Crippen molar-refractivity contribution in [3.8, 4) is 0 Å². The van der Waals surface area contributed by atoms with Crippen LogP contribution < -0.4 is 0 Å². The van der Waals surface area contributed by atoms with E-state index in [9.17, 15) is 9.90 Å². The van der Waals surface area contributed by atoms with Crippen molar-refractivity contribution in [1.82, 2.24) is 4.90 Å². The highest BCUT2D eigenvalue weighted by Gasteiger charge is 2.46. The summed E-state index contributed by atoms with van der Waals surface area (Å²) in [5.41, 5.74) is 2.27. The first-order valence-corrected chi connectivity index (χ1v) is 8.39. The first kappa shape index (κ1) is 14.2. The summed E-state index contributed by atoms with van der Waals surface area (Å²) in [6.07, 6.45) is 4.04. The van der Waals surface area contributed by atoms with E-state index in [4.69, 9.17) is 4.74 Å². The van der Waals surface area contributed by atoms with E-state index in [0.717, 1.165) is 32.1 Å². The second-order valence-electron chi connectivity index (χ2n) is 6.86. The topological polar surface area (TPSA) is 49.8 Å². The van der Waals surface area contributed by atoms with Crippen molar-refractivity contribution in [1.29, 1.82) is 0 Å². The smallest absolute Gasteiger partial charge is 0.228 e. The lowest BCUT2D eigenvalue weighted by molar-refractivity contribution is -0.158. The molecule has 4 nitrogen and oxygen atoms in total. The summed E-state index contributed by atoms with van der Waals surface area (Å²) in [4.78, 5) is 14.7. The molecule has 1 aliphatic heterocycles. The fourth-order valence-electron chi connectivity index (χ4n) is 4.40. The predicted molar refractivity (Wildman–Crippen MR) is 82.3 cm³/mol. The van der Waals surface area contributed by atoms with Crippen LogP contribution in [0, 0.1) is 5.92 Å². The molecule has 22 heavy (non-hydrogen) atoms. The lowest BCUT2D eigenvalue weighted by Crippen LogP contribution is -2.53. The normalized spacial score (nSPS) is 34.1. The van der Waals surface area contributed by atoms with E-state index in [-0.39, 0.29) is 17.4 Å². The highest BCUT2D eigenvalue weighted by molar-refractivity contribution is 5.80. The van der Waals surface area contributed by atoms with Gasteiger partial charge in [0.15, 0.2) is 0 Å². The standard InChI is InChI=1S/C18H23NO3/c20-16-7-3-5-14(16)17(21)19-10-11-22-18(12-19)9-8-13-4-1-2-6-15(13)18/h1-2,4,6,14,16,20H,3,5,7-12H2. The van der Waals surface area contributed by atoms with E-state index >= 15 is 0 Å². The maximum Gasteiger partial charge on any atom is 0.228 e. The van der Waals surface area contributed by atoms with Crippen LogP contribution >= 0.6 is 0 Å². The number of carbonyl (C=O) groups is 1. The SMILES string of the molecule is O=C(C1CCCC1O)N1CCOC2(CCc3ccccc32)C1. The van der Waals surface area contributed by atoms with Crippen molar-refractivity contribution >= 4 is 5.91 Å². The van der Waals surface area contributed by atoms with Gasteiger partial charge in [-0.05, 0) is 43.2 Å². The van der Waals surface area contributed by atoms with E-state index in [1.54, 1.807) is 0 Å². The van der Waals surface area contributed by atoms with Crippen LogP contribution in [0.25, 0.3) is 0 Å². The molecule has 1 heterocycles. The van der Waals surface area contributed by atoms with Crippen molar-refractivity contribution in [3.05, 3.63) is 35.4 Å². The van der Waals surface area contributed by atoms with Gasteiger partial charge in [-0.15, -0.1) is 0 Å². The molecule has 1 aromatic rings. The minimum absolute atomic E-state index is 0.122. The quantitative estimate of drug-likeness (QED) is 0.861. The molecule has 0 aromatic heterocycles. The predicted octanol–water partition coefficient (Wildman–Crippen LogP) is 1.85. The van der Waals surface area contributed by atoms with E-state index in [1.165, 1.54) is 11.1 Å². The zero-order valence-corrected chi connectivity index (χ0v) is 12.8. The molecule has 1 amide bonds. The second kappa shape index (κ2) is 5.36. The Morgan fingerprint density at radius 2 is 2.18 bits per heavy atom. The number of hydrogen-bond donors (Lipinski definition) is 1. The van der Waals surface area contributed by atoms with Crippen LogP contribution in [-0.2, 0) is 21.6 Å². The van der Waals surface area contributed by atoms with Crippen molar-refractivity contribution in [2.75, 3.05) is 19.7 Å². The number of nitrogens with zero attached hydrogens (tertiary/aromatic N) is 1. The fraction of sp³-hybridized carbons (Fsp3) is 0.611. The highest BCUT2D eigenvalue weighted by atomic mass is 16.5. The van der Waals surface area contributed by atoms with Crippen molar-refractivity contribution in [2.24, 2.45) is 5.92 Å². The van der Waals surface area contributed by atoms with Gasteiger partial charge in [0.25, 0.3) is 0 Å². The van der Waals surface area contributed by atoms with Gasteiger partial charge in [-0.25, -0.2) is 0 Å². The Kier molecular flexibility index (Phi) is 3.46. The number of carbonyl (C=O) groups excluding carboxylic acids is 1. The third kappa shape index (κ3) is 2.17. The van der Waals surface area contributed by atoms with Crippen LogP contribution in [0.3, 0.4) is 0 Å². The van der Waals surface area contributed by atoms with Crippen molar-refractivity contribution < 1.29 is 14.6 Å². The number of aliphatic hydroxyl groups is 1. The summed E-state index contributed by atoms with van der Waals surface area (Å²) in [6.45, 7) is 1.86. The first-order valence-electron chi connectivity index (χ1n) is 8.39. The Bertz CT molecular complexity index is 583. The van der Waals surface area contributed by atoms with Gasteiger partial charge < -0.3 is 14.7 Å². The number of ether oxygens (including phenoxy) is 1. The minimum Gasteiger partial charge on any atom is -0.392 e. The van der Waals surface area contributed by atoms with Crippen LogP contribution in [0.4, 0.5) is 0 Å². The zero-order valence-electron chi connectivity index (χ0n) is 12.8. The van der Waals surface area contributed by atoms with Crippen LogP contribution in [0.15, 0.2) is 24.3 Å². The van der Waals surface area contributed by atoms with Crippen LogP contribution in [0.2, 0.25) is 0 Å². The number of amides is 1. The Balaban J connectivity index is 1.57. The Morgan fingerprint density at radius 1 is 1.32 bits per heavy atom. The van der Waals surface area contributed by atoms with E-state index < -0.39 is 6.10 Å². The van der Waals surface area contributed by atoms with Gasteiger partial charge >= 0.3 is 0 Å². The van der Waals surface area contributed by atoms with Crippen molar-refractivity contribution in [3.63, 3.8) is 0 Å². The lowest BCUT2D eigenvalue weighted by atomic mass is 9.92. The van der Waals surface area contributed by atoms with Gasteiger partial charge in [0, 0.05) is 6.54 Å². The number of fused-ring (bicyclic) bond motifs is 2. The molecule has 118 valence electrons.